The third-order valence-corrected chi connectivity index (χ3v) is 4.47. The van der Waals surface area contributed by atoms with Gasteiger partial charge in [0, 0.05) is 17.1 Å². The van der Waals surface area contributed by atoms with E-state index >= 15 is 0 Å². The number of amides is 2. The first-order chi connectivity index (χ1) is 11.5. The standard InChI is InChI=1S/C17H18N2O4S/c1-11(20)15-8-7-14(24-15)9-10-18-16(21)17(22)19-12-3-5-13(23-2)6-4-12/h3-8H,9-10H2,1-2H3,(H,18,21)(H,19,22). The molecule has 2 N–H and O–H groups in total. The number of Topliss-reactive ketones (excluding diaryl/α,β-unsaturated/α-hetero) is 1. The molecule has 24 heavy (non-hydrogen) atoms. The molecule has 0 saturated heterocycles. The Kier molecular flexibility index (Phi) is 6.08. The van der Waals surface area contributed by atoms with Crippen LogP contribution in [0.4, 0.5) is 5.69 Å². The highest BCUT2D eigenvalue weighted by Crippen LogP contribution is 2.17. The summed E-state index contributed by atoms with van der Waals surface area (Å²) < 4.78 is 5.02. The summed E-state index contributed by atoms with van der Waals surface area (Å²) >= 11 is 1.39. The molecule has 0 aliphatic rings. The van der Waals surface area contributed by atoms with E-state index in [1.54, 1.807) is 37.4 Å². The summed E-state index contributed by atoms with van der Waals surface area (Å²) in [6.45, 7) is 1.84. The number of carbonyl (C=O) groups excluding carboxylic acids is 3. The van der Waals surface area contributed by atoms with Crippen LogP contribution in [-0.2, 0) is 16.0 Å². The van der Waals surface area contributed by atoms with E-state index in [1.807, 2.05) is 6.07 Å². The molecule has 0 atom stereocenters. The van der Waals surface area contributed by atoms with Crippen LogP contribution in [0.3, 0.4) is 0 Å². The van der Waals surface area contributed by atoms with Crippen LogP contribution in [0.5, 0.6) is 5.75 Å². The summed E-state index contributed by atoms with van der Waals surface area (Å²) in [6.07, 6.45) is 0.569. The van der Waals surface area contributed by atoms with Gasteiger partial charge in [0.2, 0.25) is 0 Å². The Morgan fingerprint density at radius 1 is 1.04 bits per heavy atom. The maximum atomic E-state index is 11.8. The van der Waals surface area contributed by atoms with Crippen LogP contribution < -0.4 is 15.4 Å². The minimum Gasteiger partial charge on any atom is -0.497 e. The minimum atomic E-state index is -0.726. The second kappa shape index (κ2) is 8.26. The Balaban J connectivity index is 1.78. The van der Waals surface area contributed by atoms with Gasteiger partial charge in [-0.1, -0.05) is 0 Å². The molecule has 7 heteroatoms. The van der Waals surface area contributed by atoms with E-state index in [1.165, 1.54) is 18.3 Å². The van der Waals surface area contributed by atoms with Gasteiger partial charge in [-0.05, 0) is 49.7 Å². The number of benzene rings is 1. The molecular weight excluding hydrogens is 328 g/mol. The van der Waals surface area contributed by atoms with Crippen molar-refractivity contribution in [3.63, 3.8) is 0 Å². The summed E-state index contributed by atoms with van der Waals surface area (Å²) in [5.74, 6) is -0.738. The van der Waals surface area contributed by atoms with Crippen molar-refractivity contribution in [3.05, 3.63) is 46.2 Å². The lowest BCUT2D eigenvalue weighted by atomic mass is 10.3. The molecule has 2 amide bonds. The molecule has 0 unspecified atom stereocenters. The Morgan fingerprint density at radius 2 is 1.75 bits per heavy atom. The molecule has 2 aromatic rings. The predicted molar refractivity (Wildman–Crippen MR) is 92.7 cm³/mol. The second-order valence-electron chi connectivity index (χ2n) is 5.01. The van der Waals surface area contributed by atoms with Crippen LogP contribution in [0.2, 0.25) is 0 Å². The zero-order valence-corrected chi connectivity index (χ0v) is 14.2. The van der Waals surface area contributed by atoms with Gasteiger partial charge in [0.15, 0.2) is 5.78 Å². The lowest BCUT2D eigenvalue weighted by molar-refractivity contribution is -0.136. The van der Waals surface area contributed by atoms with Gasteiger partial charge in [0.25, 0.3) is 0 Å². The largest absolute Gasteiger partial charge is 0.497 e. The zero-order valence-electron chi connectivity index (χ0n) is 13.4. The molecule has 1 aromatic heterocycles. The normalized spacial score (nSPS) is 10.1. The number of methoxy groups -OCH3 is 1. The molecule has 1 heterocycles. The molecule has 0 saturated carbocycles. The van der Waals surface area contributed by atoms with Crippen LogP contribution in [0.25, 0.3) is 0 Å². The third kappa shape index (κ3) is 4.92. The van der Waals surface area contributed by atoms with Gasteiger partial charge in [-0.15, -0.1) is 11.3 Å². The van der Waals surface area contributed by atoms with Crippen LogP contribution in [0.15, 0.2) is 36.4 Å². The first-order valence-electron chi connectivity index (χ1n) is 7.32. The number of ether oxygens (including phenoxy) is 1. The van der Waals surface area contributed by atoms with Crippen molar-refractivity contribution < 1.29 is 19.1 Å². The Hall–Kier alpha value is -2.67. The van der Waals surface area contributed by atoms with Gasteiger partial charge in [-0.2, -0.15) is 0 Å². The van der Waals surface area contributed by atoms with Crippen LogP contribution in [-0.4, -0.2) is 31.3 Å². The molecule has 0 bridgehead atoms. The lowest BCUT2D eigenvalue weighted by Gasteiger charge is -2.07. The maximum absolute atomic E-state index is 11.8. The molecule has 2 rings (SSSR count). The van der Waals surface area contributed by atoms with Crippen molar-refractivity contribution in [2.75, 3.05) is 19.0 Å². The predicted octanol–water partition coefficient (Wildman–Crippen LogP) is 2.26. The van der Waals surface area contributed by atoms with Gasteiger partial charge in [0.05, 0.1) is 12.0 Å². The first-order valence-corrected chi connectivity index (χ1v) is 8.14. The third-order valence-electron chi connectivity index (χ3n) is 3.22. The van der Waals surface area contributed by atoms with Crippen molar-refractivity contribution in [2.45, 2.75) is 13.3 Å². The van der Waals surface area contributed by atoms with Gasteiger partial charge < -0.3 is 15.4 Å². The smallest absolute Gasteiger partial charge is 0.313 e. The molecular formula is C17H18N2O4S. The zero-order chi connectivity index (χ0) is 17.5. The number of anilines is 1. The number of carbonyl (C=O) groups is 3. The van der Waals surface area contributed by atoms with Gasteiger partial charge in [0.1, 0.15) is 5.75 Å². The molecule has 126 valence electrons. The van der Waals surface area contributed by atoms with E-state index in [0.717, 1.165) is 4.88 Å². The van der Waals surface area contributed by atoms with E-state index in [2.05, 4.69) is 10.6 Å². The van der Waals surface area contributed by atoms with Crippen LogP contribution >= 0.6 is 11.3 Å². The van der Waals surface area contributed by atoms with Crippen molar-refractivity contribution in [2.24, 2.45) is 0 Å². The van der Waals surface area contributed by atoms with E-state index in [4.69, 9.17) is 4.74 Å². The maximum Gasteiger partial charge on any atom is 0.313 e. The highest BCUT2D eigenvalue weighted by molar-refractivity contribution is 7.14. The van der Waals surface area contributed by atoms with E-state index in [9.17, 15) is 14.4 Å². The minimum absolute atomic E-state index is 0.0224. The SMILES string of the molecule is COc1ccc(NC(=O)C(=O)NCCc2ccc(C(C)=O)s2)cc1. The van der Waals surface area contributed by atoms with Crippen LogP contribution in [0.1, 0.15) is 21.5 Å². The van der Waals surface area contributed by atoms with Gasteiger partial charge in [-0.3, -0.25) is 14.4 Å². The van der Waals surface area contributed by atoms with Crippen molar-refractivity contribution >= 4 is 34.6 Å². The molecule has 0 aliphatic carbocycles. The average molecular weight is 346 g/mol. The second-order valence-corrected chi connectivity index (χ2v) is 6.18. The summed E-state index contributed by atoms with van der Waals surface area (Å²) in [6, 6.07) is 10.3. The molecule has 0 spiro atoms. The number of hydrogen-bond acceptors (Lipinski definition) is 5. The Labute approximate surface area is 143 Å². The average Bonchev–Trinajstić information content (AvgIpc) is 3.04. The number of ketones is 1. The number of rotatable bonds is 6. The number of hydrogen-bond donors (Lipinski definition) is 2. The summed E-state index contributed by atoms with van der Waals surface area (Å²) in [7, 11) is 1.55. The van der Waals surface area contributed by atoms with Crippen molar-refractivity contribution in [1.29, 1.82) is 0 Å². The number of thiophene rings is 1. The van der Waals surface area contributed by atoms with Gasteiger partial charge >= 0.3 is 11.8 Å². The molecule has 0 aliphatic heterocycles. The highest BCUT2D eigenvalue weighted by atomic mass is 32.1. The fourth-order valence-electron chi connectivity index (χ4n) is 1.94. The molecule has 0 radical (unpaired) electrons. The Bertz CT molecular complexity index is 737. The lowest BCUT2D eigenvalue weighted by Crippen LogP contribution is -2.36. The van der Waals surface area contributed by atoms with E-state index in [0.29, 0.717) is 29.3 Å². The van der Waals surface area contributed by atoms with Gasteiger partial charge in [-0.25, -0.2) is 0 Å². The highest BCUT2D eigenvalue weighted by Gasteiger charge is 2.13. The summed E-state index contributed by atoms with van der Waals surface area (Å²) in [5.41, 5.74) is 0.514. The topological polar surface area (TPSA) is 84.5 Å². The van der Waals surface area contributed by atoms with E-state index < -0.39 is 11.8 Å². The fraction of sp³-hybridized carbons (Fsp3) is 0.235. The molecule has 1 aromatic carbocycles. The quantitative estimate of drug-likeness (QED) is 0.621. The molecule has 0 fully saturated rings. The fourth-order valence-corrected chi connectivity index (χ4v) is 2.85. The van der Waals surface area contributed by atoms with Crippen molar-refractivity contribution in [1.82, 2.24) is 5.32 Å². The number of nitrogens with one attached hydrogen (secondary N) is 2. The molecule has 6 nitrogen and oxygen atoms in total. The monoisotopic (exact) mass is 346 g/mol. The van der Waals surface area contributed by atoms with Crippen LogP contribution in [0, 0.1) is 0 Å². The summed E-state index contributed by atoms with van der Waals surface area (Å²) in [4.78, 5) is 36.5. The van der Waals surface area contributed by atoms with E-state index in [-0.39, 0.29) is 5.78 Å². The summed E-state index contributed by atoms with van der Waals surface area (Å²) in [5, 5.41) is 5.07. The first kappa shape index (κ1) is 17.7. The van der Waals surface area contributed by atoms with Crippen molar-refractivity contribution in [3.8, 4) is 5.75 Å². The Morgan fingerprint density at radius 3 is 2.33 bits per heavy atom.